The van der Waals surface area contributed by atoms with Gasteiger partial charge in [0.15, 0.2) is 0 Å². The van der Waals surface area contributed by atoms with Gasteiger partial charge in [-0.3, -0.25) is 0 Å². The van der Waals surface area contributed by atoms with E-state index in [1.54, 1.807) is 19.1 Å². The van der Waals surface area contributed by atoms with Crippen molar-refractivity contribution in [3.05, 3.63) is 27.9 Å². The highest BCUT2D eigenvalue weighted by atomic mass is 79.9. The van der Waals surface area contributed by atoms with Crippen molar-refractivity contribution in [2.24, 2.45) is 0 Å². The summed E-state index contributed by atoms with van der Waals surface area (Å²) >= 11 is 3.25. The summed E-state index contributed by atoms with van der Waals surface area (Å²) < 4.78 is 5.26. The second-order valence-corrected chi connectivity index (χ2v) is 3.72. The van der Waals surface area contributed by atoms with Crippen LogP contribution in [0.15, 0.2) is 12.1 Å². The van der Waals surface area contributed by atoms with Crippen LogP contribution >= 0.6 is 15.9 Å². The second-order valence-electron chi connectivity index (χ2n) is 2.92. The van der Waals surface area contributed by atoms with Crippen LogP contribution in [0.5, 0.6) is 5.75 Å². The van der Waals surface area contributed by atoms with Crippen molar-refractivity contribution in [1.29, 1.82) is 0 Å². The normalized spacial score (nSPS) is 10.0. The molecule has 0 aliphatic carbocycles. The van der Waals surface area contributed by atoms with Gasteiger partial charge >= 0.3 is 5.82 Å². The first-order chi connectivity index (χ1) is 7.15. The summed E-state index contributed by atoms with van der Waals surface area (Å²) in [6.45, 7) is 2.14. The van der Waals surface area contributed by atoms with Gasteiger partial charge in [0, 0.05) is 12.3 Å². The number of ether oxygens (including phenoxy) is 1. The number of alkyl halides is 1. The molecule has 0 fully saturated rings. The Morgan fingerprint density at radius 1 is 1.60 bits per heavy atom. The van der Waals surface area contributed by atoms with Crippen LogP contribution in [0.1, 0.15) is 12.1 Å². The zero-order valence-electron chi connectivity index (χ0n) is 8.27. The van der Waals surface area contributed by atoms with E-state index < -0.39 is 4.92 Å². The third-order valence-electron chi connectivity index (χ3n) is 1.69. The maximum absolute atomic E-state index is 10.7. The molecule has 0 spiro atoms. The topological polar surface area (TPSA) is 65.3 Å². The van der Waals surface area contributed by atoms with Crippen LogP contribution in [0, 0.1) is 17.0 Å². The molecule has 0 saturated heterocycles. The first-order valence-corrected chi connectivity index (χ1v) is 5.58. The van der Waals surface area contributed by atoms with Gasteiger partial charge in [0.05, 0.1) is 6.61 Å². The number of aromatic nitrogens is 1. The molecular formula is C9H11BrN2O3. The van der Waals surface area contributed by atoms with Gasteiger partial charge in [0.25, 0.3) is 0 Å². The molecule has 1 aromatic heterocycles. The van der Waals surface area contributed by atoms with Gasteiger partial charge < -0.3 is 14.9 Å². The predicted molar refractivity (Wildman–Crippen MR) is 59.5 cm³/mol. The summed E-state index contributed by atoms with van der Waals surface area (Å²) in [6.07, 6.45) is 0.797. The van der Waals surface area contributed by atoms with Crippen LogP contribution < -0.4 is 4.74 Å². The molecule has 82 valence electrons. The van der Waals surface area contributed by atoms with E-state index in [0.717, 1.165) is 11.8 Å². The number of aryl methyl sites for hydroxylation is 1. The summed E-state index contributed by atoms with van der Waals surface area (Å²) in [6, 6.07) is 3.27. The zero-order valence-corrected chi connectivity index (χ0v) is 9.86. The molecule has 0 amide bonds. The Balaban J connectivity index is 2.81. The van der Waals surface area contributed by atoms with Gasteiger partial charge in [0.1, 0.15) is 5.69 Å². The van der Waals surface area contributed by atoms with E-state index in [0.29, 0.717) is 12.3 Å². The Hall–Kier alpha value is -1.17. The first-order valence-electron chi connectivity index (χ1n) is 4.46. The van der Waals surface area contributed by atoms with E-state index in [1.807, 2.05) is 0 Å². The molecule has 1 rings (SSSR count). The van der Waals surface area contributed by atoms with Gasteiger partial charge in [-0.2, -0.15) is 0 Å². The lowest BCUT2D eigenvalue weighted by molar-refractivity contribution is -0.390. The van der Waals surface area contributed by atoms with Crippen LogP contribution in [-0.2, 0) is 0 Å². The molecule has 5 nitrogen and oxygen atoms in total. The third-order valence-corrected chi connectivity index (χ3v) is 2.25. The Kier molecular flexibility index (Phi) is 4.48. The highest BCUT2D eigenvalue weighted by molar-refractivity contribution is 9.09. The van der Waals surface area contributed by atoms with E-state index in [-0.39, 0.29) is 11.6 Å². The maximum atomic E-state index is 10.7. The summed E-state index contributed by atoms with van der Waals surface area (Å²) in [7, 11) is 0. The minimum atomic E-state index is -0.531. The van der Waals surface area contributed by atoms with Crippen LogP contribution in [0.4, 0.5) is 5.82 Å². The molecule has 0 aliphatic rings. The van der Waals surface area contributed by atoms with Gasteiger partial charge in [-0.25, -0.2) is 0 Å². The molecule has 1 heterocycles. The Labute approximate surface area is 95.7 Å². The molecule has 1 aromatic rings. The van der Waals surface area contributed by atoms with Crippen molar-refractivity contribution < 1.29 is 9.66 Å². The quantitative estimate of drug-likeness (QED) is 0.358. The first kappa shape index (κ1) is 11.9. The van der Waals surface area contributed by atoms with Gasteiger partial charge in [-0.05, 0) is 28.5 Å². The SMILES string of the molecule is Cc1ccc(OCCCBr)c([N+](=O)[O-])n1. The molecule has 0 atom stereocenters. The minimum absolute atomic E-state index is 0.218. The van der Waals surface area contributed by atoms with Gasteiger partial charge in [-0.1, -0.05) is 15.9 Å². The monoisotopic (exact) mass is 274 g/mol. The number of nitro groups is 1. The highest BCUT2D eigenvalue weighted by Gasteiger charge is 2.16. The number of hydrogen-bond donors (Lipinski definition) is 0. The summed E-state index contributed by atoms with van der Waals surface area (Å²) in [5.41, 5.74) is 0.606. The van der Waals surface area contributed by atoms with Crippen LogP contribution in [0.25, 0.3) is 0 Å². The Bertz CT molecular complexity index is 357. The van der Waals surface area contributed by atoms with Crippen LogP contribution in [-0.4, -0.2) is 21.8 Å². The summed E-state index contributed by atoms with van der Waals surface area (Å²) in [4.78, 5) is 13.9. The zero-order chi connectivity index (χ0) is 11.3. The standard InChI is InChI=1S/C9H11BrN2O3/c1-7-3-4-8(15-6-2-5-10)9(11-7)12(13)14/h3-4H,2,5-6H2,1H3. The highest BCUT2D eigenvalue weighted by Crippen LogP contribution is 2.24. The third kappa shape index (κ3) is 3.47. The Morgan fingerprint density at radius 2 is 2.33 bits per heavy atom. The number of rotatable bonds is 5. The van der Waals surface area contributed by atoms with Gasteiger partial charge in [0.2, 0.25) is 5.75 Å². The number of nitrogens with zero attached hydrogens (tertiary/aromatic N) is 2. The van der Waals surface area contributed by atoms with Crippen molar-refractivity contribution in [1.82, 2.24) is 4.98 Å². The lowest BCUT2D eigenvalue weighted by atomic mass is 10.3. The van der Waals surface area contributed by atoms with Crippen LogP contribution in [0.2, 0.25) is 0 Å². The molecular weight excluding hydrogens is 264 g/mol. The fourth-order valence-corrected chi connectivity index (χ4v) is 1.24. The molecule has 0 saturated carbocycles. The van der Waals surface area contributed by atoms with E-state index in [4.69, 9.17) is 4.74 Å². The number of pyridine rings is 1. The largest absolute Gasteiger partial charge is 0.486 e. The van der Waals surface area contributed by atoms with Crippen molar-refractivity contribution in [2.45, 2.75) is 13.3 Å². The average Bonchev–Trinajstić information content (AvgIpc) is 2.20. The van der Waals surface area contributed by atoms with Crippen molar-refractivity contribution in [3.8, 4) is 5.75 Å². The minimum Gasteiger partial charge on any atom is -0.486 e. The molecule has 6 heteroatoms. The Morgan fingerprint density at radius 3 is 2.93 bits per heavy atom. The molecule has 15 heavy (non-hydrogen) atoms. The molecule has 0 radical (unpaired) electrons. The van der Waals surface area contributed by atoms with Crippen molar-refractivity contribution >= 4 is 21.7 Å². The molecule has 0 unspecified atom stereocenters. The lowest BCUT2D eigenvalue weighted by Crippen LogP contribution is -2.03. The average molecular weight is 275 g/mol. The van der Waals surface area contributed by atoms with Gasteiger partial charge in [-0.15, -0.1) is 0 Å². The fourth-order valence-electron chi connectivity index (χ4n) is 1.01. The van der Waals surface area contributed by atoms with Crippen molar-refractivity contribution in [2.75, 3.05) is 11.9 Å². The van der Waals surface area contributed by atoms with E-state index in [9.17, 15) is 10.1 Å². The summed E-state index contributed by atoms with van der Waals surface area (Å²) in [5, 5.41) is 11.5. The number of halogens is 1. The van der Waals surface area contributed by atoms with Crippen molar-refractivity contribution in [3.63, 3.8) is 0 Å². The summed E-state index contributed by atoms with van der Waals surface area (Å²) in [5.74, 6) is 0.0103. The molecule has 0 aliphatic heterocycles. The number of hydrogen-bond acceptors (Lipinski definition) is 4. The molecule has 0 bridgehead atoms. The van der Waals surface area contributed by atoms with E-state index in [1.165, 1.54) is 0 Å². The second kappa shape index (κ2) is 5.65. The predicted octanol–water partition coefficient (Wildman–Crippen LogP) is 2.46. The maximum Gasteiger partial charge on any atom is 0.406 e. The van der Waals surface area contributed by atoms with E-state index >= 15 is 0 Å². The lowest BCUT2D eigenvalue weighted by Gasteiger charge is -2.04. The molecule has 0 aromatic carbocycles. The fraction of sp³-hybridized carbons (Fsp3) is 0.444. The smallest absolute Gasteiger partial charge is 0.406 e. The van der Waals surface area contributed by atoms with Crippen LogP contribution in [0.3, 0.4) is 0 Å². The molecule has 0 N–H and O–H groups in total. The van der Waals surface area contributed by atoms with E-state index in [2.05, 4.69) is 20.9 Å².